The summed E-state index contributed by atoms with van der Waals surface area (Å²) < 4.78 is 5.52. The zero-order valence-electron chi connectivity index (χ0n) is 15.6. The molecule has 0 radical (unpaired) electrons. The van der Waals surface area contributed by atoms with Crippen molar-refractivity contribution in [2.45, 2.75) is 60.0 Å². The van der Waals surface area contributed by atoms with Crippen LogP contribution in [0.2, 0.25) is 0 Å². The maximum atomic E-state index is 12.6. The monoisotopic (exact) mass is 332 g/mol. The number of ether oxygens (including phenoxy) is 1. The van der Waals surface area contributed by atoms with E-state index < -0.39 is 16.4 Å². The lowest BCUT2D eigenvalue weighted by molar-refractivity contribution is -0.129. The van der Waals surface area contributed by atoms with Gasteiger partial charge in [0.25, 0.3) is 0 Å². The Bertz CT molecular complexity index is 622. The fraction of sp³-hybridized carbons (Fsp3) is 0.737. The first kappa shape index (κ1) is 18.5. The highest BCUT2D eigenvalue weighted by Crippen LogP contribution is 2.51. The number of allylic oxidation sites excluding steroid dienone is 1. The van der Waals surface area contributed by atoms with E-state index in [1.165, 1.54) is 0 Å². The predicted octanol–water partition coefficient (Wildman–Crippen LogP) is 3.70. The number of amides is 1. The van der Waals surface area contributed by atoms with Gasteiger partial charge in [0.2, 0.25) is 0 Å². The van der Waals surface area contributed by atoms with Gasteiger partial charge in [0.15, 0.2) is 5.78 Å². The van der Waals surface area contributed by atoms with Crippen LogP contribution in [0.4, 0.5) is 4.79 Å². The van der Waals surface area contributed by atoms with E-state index in [1.807, 2.05) is 47.6 Å². The summed E-state index contributed by atoms with van der Waals surface area (Å²) in [6, 6.07) is 2.05. The van der Waals surface area contributed by atoms with E-state index in [0.717, 1.165) is 12.8 Å². The molecule has 1 amide bonds. The van der Waals surface area contributed by atoms with E-state index in [1.54, 1.807) is 11.0 Å². The smallest absolute Gasteiger partial charge is 0.410 e. The highest BCUT2D eigenvalue weighted by atomic mass is 16.6. The van der Waals surface area contributed by atoms with Gasteiger partial charge in [-0.25, -0.2) is 4.79 Å². The van der Waals surface area contributed by atoms with Gasteiger partial charge < -0.3 is 9.64 Å². The van der Waals surface area contributed by atoms with Crippen LogP contribution in [0.1, 0.15) is 54.4 Å². The van der Waals surface area contributed by atoms with Gasteiger partial charge in [0.05, 0.1) is 5.57 Å². The Morgan fingerprint density at radius 1 is 1.38 bits per heavy atom. The Hall–Kier alpha value is -1.83. The van der Waals surface area contributed by atoms with Gasteiger partial charge in [-0.05, 0) is 39.5 Å². The third kappa shape index (κ3) is 3.33. The summed E-state index contributed by atoms with van der Waals surface area (Å²) in [5.74, 6) is 0.0141. The molecule has 1 heterocycles. The number of rotatable bonds is 0. The molecule has 0 bridgehead atoms. The van der Waals surface area contributed by atoms with Crippen molar-refractivity contribution in [2.24, 2.45) is 16.7 Å². The van der Waals surface area contributed by atoms with Crippen LogP contribution in [0, 0.1) is 28.1 Å². The zero-order valence-corrected chi connectivity index (χ0v) is 15.6. The lowest BCUT2D eigenvalue weighted by atomic mass is 9.56. The van der Waals surface area contributed by atoms with Crippen molar-refractivity contribution in [1.82, 2.24) is 4.90 Å². The van der Waals surface area contributed by atoms with Gasteiger partial charge in [-0.15, -0.1) is 0 Å². The molecule has 5 heteroatoms. The molecule has 0 aromatic carbocycles. The Labute approximate surface area is 144 Å². The van der Waals surface area contributed by atoms with Crippen LogP contribution in [0.3, 0.4) is 0 Å². The fourth-order valence-corrected chi connectivity index (χ4v) is 4.21. The minimum atomic E-state index is -0.599. The van der Waals surface area contributed by atoms with Crippen LogP contribution >= 0.6 is 0 Å². The predicted molar refractivity (Wildman–Crippen MR) is 91.1 cm³/mol. The van der Waals surface area contributed by atoms with Crippen molar-refractivity contribution in [1.29, 1.82) is 5.26 Å². The first-order valence-corrected chi connectivity index (χ1v) is 8.56. The van der Waals surface area contributed by atoms with Crippen LogP contribution in [0.25, 0.3) is 0 Å². The summed E-state index contributed by atoms with van der Waals surface area (Å²) in [5.41, 5.74) is -1.34. The average Bonchev–Trinajstić information content (AvgIpc) is 2.61. The maximum absolute atomic E-state index is 12.6. The highest BCUT2D eigenvalue weighted by Gasteiger charge is 2.52. The Morgan fingerprint density at radius 3 is 2.54 bits per heavy atom. The molecule has 2 rings (SSSR count). The lowest BCUT2D eigenvalue weighted by Gasteiger charge is -2.47. The second-order valence-electron chi connectivity index (χ2n) is 8.82. The van der Waals surface area contributed by atoms with Crippen molar-refractivity contribution in [3.8, 4) is 6.07 Å². The largest absolute Gasteiger partial charge is 0.444 e. The molecule has 0 N–H and O–H groups in total. The minimum Gasteiger partial charge on any atom is -0.444 e. The second kappa shape index (κ2) is 5.91. The van der Waals surface area contributed by atoms with Gasteiger partial charge in [0, 0.05) is 23.9 Å². The van der Waals surface area contributed by atoms with E-state index in [-0.39, 0.29) is 23.4 Å². The Balaban J connectivity index is 2.37. The molecule has 2 aliphatic rings. The molecule has 1 saturated heterocycles. The summed E-state index contributed by atoms with van der Waals surface area (Å²) in [6.45, 7) is 12.5. The fourth-order valence-electron chi connectivity index (χ4n) is 4.21. The Kier molecular flexibility index (Phi) is 4.56. The zero-order chi connectivity index (χ0) is 18.3. The van der Waals surface area contributed by atoms with E-state index in [0.29, 0.717) is 13.1 Å². The molecule has 0 saturated carbocycles. The summed E-state index contributed by atoms with van der Waals surface area (Å²) in [6.07, 6.45) is 3.13. The van der Waals surface area contributed by atoms with Gasteiger partial charge in [-0.1, -0.05) is 26.8 Å². The molecule has 24 heavy (non-hydrogen) atoms. The van der Waals surface area contributed by atoms with Crippen molar-refractivity contribution >= 4 is 11.9 Å². The number of fused-ring (bicyclic) bond motifs is 1. The first-order chi connectivity index (χ1) is 10.9. The molecule has 5 nitrogen and oxygen atoms in total. The summed E-state index contributed by atoms with van der Waals surface area (Å²) >= 11 is 0. The molecule has 132 valence electrons. The maximum Gasteiger partial charge on any atom is 0.410 e. The minimum absolute atomic E-state index is 0.0850. The molecular weight excluding hydrogens is 304 g/mol. The number of nitrogens with zero attached hydrogens (tertiary/aromatic N) is 2. The summed E-state index contributed by atoms with van der Waals surface area (Å²) in [4.78, 5) is 26.8. The number of hydrogen-bond acceptors (Lipinski definition) is 4. The number of hydrogen-bond donors (Lipinski definition) is 0. The topological polar surface area (TPSA) is 70.4 Å². The lowest BCUT2D eigenvalue weighted by Crippen LogP contribution is -2.50. The number of nitriles is 1. The SMILES string of the molecule is CC(C)(C)OC(=O)N1CCC[C@@H]2C(C)(C)C(=O)C(C#N)=C[C@@]2(C)C1. The van der Waals surface area contributed by atoms with Crippen molar-refractivity contribution in [3.63, 3.8) is 0 Å². The third-order valence-corrected chi connectivity index (χ3v) is 5.20. The molecule has 1 aliphatic carbocycles. The van der Waals surface area contributed by atoms with Crippen molar-refractivity contribution < 1.29 is 14.3 Å². The molecule has 0 unspecified atom stereocenters. The van der Waals surface area contributed by atoms with E-state index in [2.05, 4.69) is 0 Å². The number of carbonyl (C=O) groups is 2. The molecule has 0 aromatic heterocycles. The van der Waals surface area contributed by atoms with E-state index in [4.69, 9.17) is 4.74 Å². The molecule has 1 fully saturated rings. The van der Waals surface area contributed by atoms with Crippen LogP contribution in [0.15, 0.2) is 11.6 Å². The van der Waals surface area contributed by atoms with Gasteiger partial charge in [-0.3, -0.25) is 4.79 Å². The Morgan fingerprint density at radius 2 is 2.00 bits per heavy atom. The van der Waals surface area contributed by atoms with E-state index in [9.17, 15) is 14.9 Å². The van der Waals surface area contributed by atoms with E-state index >= 15 is 0 Å². The number of carbonyl (C=O) groups excluding carboxylic acids is 2. The second-order valence-corrected chi connectivity index (χ2v) is 8.82. The molecule has 0 aromatic rings. The number of likely N-dealkylation sites (tertiary alicyclic amines) is 1. The average molecular weight is 332 g/mol. The number of ketones is 1. The first-order valence-electron chi connectivity index (χ1n) is 8.56. The molecule has 0 spiro atoms. The third-order valence-electron chi connectivity index (χ3n) is 5.20. The van der Waals surface area contributed by atoms with Crippen LogP contribution in [-0.2, 0) is 9.53 Å². The van der Waals surface area contributed by atoms with Crippen molar-refractivity contribution in [2.75, 3.05) is 13.1 Å². The van der Waals surface area contributed by atoms with Gasteiger partial charge in [-0.2, -0.15) is 5.26 Å². The van der Waals surface area contributed by atoms with Gasteiger partial charge >= 0.3 is 6.09 Å². The number of Topliss-reactive ketones (excluding diaryl/α,β-unsaturated/α-hetero) is 1. The van der Waals surface area contributed by atoms with Crippen LogP contribution < -0.4 is 0 Å². The van der Waals surface area contributed by atoms with Gasteiger partial charge in [0.1, 0.15) is 11.7 Å². The van der Waals surface area contributed by atoms with Crippen LogP contribution in [0.5, 0.6) is 0 Å². The summed E-state index contributed by atoms with van der Waals surface area (Å²) in [5, 5.41) is 9.35. The highest BCUT2D eigenvalue weighted by molar-refractivity contribution is 6.04. The quantitative estimate of drug-likeness (QED) is 0.678. The molecular formula is C19H28N2O3. The summed E-state index contributed by atoms with van der Waals surface area (Å²) in [7, 11) is 0. The van der Waals surface area contributed by atoms with Crippen LogP contribution in [-0.4, -0.2) is 35.5 Å². The molecule has 2 atom stereocenters. The normalized spacial score (nSPS) is 29.9. The standard InChI is InChI=1S/C19H28N2O3/c1-17(2,3)24-16(23)21-9-7-8-14-18(4,5)15(22)13(11-20)10-19(14,6)12-21/h10,14H,7-9,12H2,1-6H3/t14-,19+/m1/s1. The van der Waals surface area contributed by atoms with Crippen molar-refractivity contribution in [3.05, 3.63) is 11.6 Å². The molecule has 1 aliphatic heterocycles.